The van der Waals surface area contributed by atoms with Crippen molar-refractivity contribution in [3.05, 3.63) is 64.8 Å². The number of anilines is 1. The lowest BCUT2D eigenvalue weighted by atomic mass is 10.0. The van der Waals surface area contributed by atoms with E-state index in [0.717, 1.165) is 29.4 Å². The van der Waals surface area contributed by atoms with Crippen LogP contribution in [0.1, 0.15) is 46.4 Å². The van der Waals surface area contributed by atoms with Crippen LogP contribution in [-0.4, -0.2) is 54.5 Å². The van der Waals surface area contributed by atoms with E-state index in [9.17, 15) is 14.4 Å². The molecule has 2 saturated heterocycles. The number of hydrogen-bond acceptors (Lipinski definition) is 4. The first kappa shape index (κ1) is 23.4. The number of halogens is 1. The number of ether oxygens (including phenoxy) is 1. The molecule has 3 aromatic rings. The van der Waals surface area contributed by atoms with Crippen molar-refractivity contribution in [2.75, 3.05) is 24.7 Å². The number of benzene rings is 2. The van der Waals surface area contributed by atoms with Gasteiger partial charge in [-0.1, -0.05) is 17.7 Å². The number of H-pyrrole nitrogens is 1. The third-order valence-corrected chi connectivity index (χ3v) is 6.96. The molecule has 0 spiro atoms. The second-order valence-corrected chi connectivity index (χ2v) is 9.38. The molecule has 35 heavy (non-hydrogen) atoms. The molecule has 2 aliphatic rings. The lowest BCUT2D eigenvalue weighted by Gasteiger charge is -2.33. The molecule has 0 saturated carbocycles. The number of carbonyl (C=O) groups is 3. The molecule has 2 fully saturated rings. The van der Waals surface area contributed by atoms with E-state index in [1.54, 1.807) is 47.5 Å². The van der Waals surface area contributed by atoms with Gasteiger partial charge in [0.2, 0.25) is 5.91 Å². The maximum absolute atomic E-state index is 12.9. The molecule has 2 unspecified atom stereocenters. The Bertz CT molecular complexity index is 1260. The minimum atomic E-state index is -0.368. The number of amides is 3. The SMILES string of the molecule is O=C(NC1CCOCC1NC(=O)c1ccc(N2CCCCC2=O)cc1)c1ccc2c(Cl)c[nH]c2c1. The van der Waals surface area contributed by atoms with E-state index >= 15 is 0 Å². The Labute approximate surface area is 208 Å². The Hall–Kier alpha value is -3.36. The van der Waals surface area contributed by atoms with Gasteiger partial charge in [-0.2, -0.15) is 0 Å². The van der Waals surface area contributed by atoms with Crippen molar-refractivity contribution < 1.29 is 19.1 Å². The van der Waals surface area contributed by atoms with Crippen LogP contribution in [0.15, 0.2) is 48.7 Å². The third-order valence-electron chi connectivity index (χ3n) is 6.65. The third kappa shape index (κ3) is 5.04. The van der Waals surface area contributed by atoms with E-state index in [0.29, 0.717) is 48.7 Å². The first-order valence-electron chi connectivity index (χ1n) is 11.9. The summed E-state index contributed by atoms with van der Waals surface area (Å²) in [6, 6.07) is 11.7. The first-order chi connectivity index (χ1) is 17.0. The summed E-state index contributed by atoms with van der Waals surface area (Å²) in [6.45, 7) is 1.51. The molecule has 0 bridgehead atoms. The smallest absolute Gasteiger partial charge is 0.251 e. The van der Waals surface area contributed by atoms with E-state index in [1.165, 1.54) is 0 Å². The molecule has 3 N–H and O–H groups in total. The summed E-state index contributed by atoms with van der Waals surface area (Å²) in [7, 11) is 0. The summed E-state index contributed by atoms with van der Waals surface area (Å²) < 4.78 is 5.58. The Morgan fingerprint density at radius 1 is 1.00 bits per heavy atom. The number of nitrogens with zero attached hydrogens (tertiary/aromatic N) is 1. The van der Waals surface area contributed by atoms with Crippen molar-refractivity contribution in [2.24, 2.45) is 0 Å². The van der Waals surface area contributed by atoms with Crippen LogP contribution < -0.4 is 15.5 Å². The molecule has 3 heterocycles. The van der Waals surface area contributed by atoms with Crippen LogP contribution in [0.25, 0.3) is 10.9 Å². The number of carbonyl (C=O) groups excluding carboxylic acids is 3. The zero-order valence-corrected chi connectivity index (χ0v) is 19.9. The molecule has 182 valence electrons. The number of hydrogen-bond donors (Lipinski definition) is 3. The standard InChI is InChI=1S/C26H27ClN4O4/c27-20-14-28-22-13-17(6-9-19(20)22)26(34)29-21-10-12-35-15-23(21)30-25(33)16-4-7-18(8-5-16)31-11-2-1-3-24(31)32/h4-9,13-14,21,23,28H,1-3,10-12,15H2,(H,29,34)(H,30,33). The van der Waals surface area contributed by atoms with Crippen molar-refractivity contribution in [3.63, 3.8) is 0 Å². The summed E-state index contributed by atoms with van der Waals surface area (Å²) in [6.07, 6.45) is 4.74. The fraction of sp³-hybridized carbons (Fsp3) is 0.346. The van der Waals surface area contributed by atoms with E-state index in [-0.39, 0.29) is 29.8 Å². The van der Waals surface area contributed by atoms with E-state index in [2.05, 4.69) is 15.6 Å². The second-order valence-electron chi connectivity index (χ2n) is 8.97. The summed E-state index contributed by atoms with van der Waals surface area (Å²) >= 11 is 6.13. The summed E-state index contributed by atoms with van der Waals surface area (Å²) in [5.74, 6) is -0.358. The van der Waals surface area contributed by atoms with E-state index < -0.39 is 0 Å². The van der Waals surface area contributed by atoms with Crippen molar-refractivity contribution in [3.8, 4) is 0 Å². The molecule has 2 aromatic carbocycles. The molecule has 9 heteroatoms. The largest absolute Gasteiger partial charge is 0.379 e. The van der Waals surface area contributed by atoms with Gasteiger partial charge in [0.15, 0.2) is 0 Å². The second kappa shape index (κ2) is 10.1. The van der Waals surface area contributed by atoms with Crippen LogP contribution in [0.3, 0.4) is 0 Å². The van der Waals surface area contributed by atoms with Crippen molar-refractivity contribution in [2.45, 2.75) is 37.8 Å². The fourth-order valence-electron chi connectivity index (χ4n) is 4.66. The minimum absolute atomic E-state index is 0.116. The summed E-state index contributed by atoms with van der Waals surface area (Å²) in [4.78, 5) is 42.9. The number of rotatable bonds is 5. The quantitative estimate of drug-likeness (QED) is 0.503. The molecular formula is C26H27ClN4O4. The van der Waals surface area contributed by atoms with Gasteiger partial charge in [-0.3, -0.25) is 14.4 Å². The van der Waals surface area contributed by atoms with Gasteiger partial charge in [-0.25, -0.2) is 0 Å². The molecule has 0 aliphatic carbocycles. The van der Waals surface area contributed by atoms with Gasteiger partial charge in [0, 0.05) is 53.5 Å². The van der Waals surface area contributed by atoms with Crippen molar-refractivity contribution in [1.82, 2.24) is 15.6 Å². The average molecular weight is 495 g/mol. The molecule has 1 aromatic heterocycles. The molecule has 8 nitrogen and oxygen atoms in total. The molecule has 0 radical (unpaired) electrons. The fourth-order valence-corrected chi connectivity index (χ4v) is 4.88. The first-order valence-corrected chi connectivity index (χ1v) is 12.2. The lowest BCUT2D eigenvalue weighted by molar-refractivity contribution is -0.119. The van der Waals surface area contributed by atoms with Crippen LogP contribution in [-0.2, 0) is 9.53 Å². The predicted molar refractivity (Wildman–Crippen MR) is 134 cm³/mol. The monoisotopic (exact) mass is 494 g/mol. The van der Waals surface area contributed by atoms with Gasteiger partial charge in [-0.15, -0.1) is 0 Å². The van der Waals surface area contributed by atoms with Gasteiger partial charge in [0.25, 0.3) is 11.8 Å². The van der Waals surface area contributed by atoms with Gasteiger partial charge < -0.3 is 25.3 Å². The molecule has 2 atom stereocenters. The number of aromatic nitrogens is 1. The van der Waals surface area contributed by atoms with Crippen LogP contribution in [0.5, 0.6) is 0 Å². The summed E-state index contributed by atoms with van der Waals surface area (Å²) in [5, 5.41) is 7.51. The highest BCUT2D eigenvalue weighted by atomic mass is 35.5. The van der Waals surface area contributed by atoms with Crippen molar-refractivity contribution in [1.29, 1.82) is 0 Å². The van der Waals surface area contributed by atoms with Gasteiger partial charge in [0.1, 0.15) is 0 Å². The van der Waals surface area contributed by atoms with Crippen LogP contribution in [0.2, 0.25) is 5.02 Å². The Morgan fingerprint density at radius 2 is 1.74 bits per heavy atom. The number of nitrogens with one attached hydrogen (secondary N) is 3. The molecule has 5 rings (SSSR count). The van der Waals surface area contributed by atoms with Gasteiger partial charge in [-0.05, 0) is 55.7 Å². The van der Waals surface area contributed by atoms with Crippen molar-refractivity contribution >= 4 is 45.9 Å². The Morgan fingerprint density at radius 3 is 2.54 bits per heavy atom. The average Bonchev–Trinajstić information content (AvgIpc) is 3.25. The van der Waals surface area contributed by atoms with E-state index in [4.69, 9.17) is 16.3 Å². The highest BCUT2D eigenvalue weighted by molar-refractivity contribution is 6.35. The highest BCUT2D eigenvalue weighted by Crippen LogP contribution is 2.24. The zero-order valence-electron chi connectivity index (χ0n) is 19.2. The van der Waals surface area contributed by atoms with Crippen LogP contribution in [0, 0.1) is 0 Å². The normalized spacial score (nSPS) is 20.6. The zero-order chi connectivity index (χ0) is 24.4. The van der Waals surface area contributed by atoms with Gasteiger partial charge in [0.05, 0.1) is 23.7 Å². The molecule has 2 aliphatic heterocycles. The maximum Gasteiger partial charge on any atom is 0.251 e. The maximum atomic E-state index is 12.9. The minimum Gasteiger partial charge on any atom is -0.379 e. The highest BCUT2D eigenvalue weighted by Gasteiger charge is 2.29. The number of aromatic amines is 1. The predicted octanol–water partition coefficient (Wildman–Crippen LogP) is 3.66. The Kier molecular flexibility index (Phi) is 6.74. The number of fused-ring (bicyclic) bond motifs is 1. The number of piperidine rings is 1. The Balaban J connectivity index is 1.24. The van der Waals surface area contributed by atoms with Gasteiger partial charge >= 0.3 is 0 Å². The summed E-state index contributed by atoms with van der Waals surface area (Å²) in [5.41, 5.74) is 2.59. The lowest BCUT2D eigenvalue weighted by Crippen LogP contribution is -2.56. The molecule has 3 amide bonds. The molecular weight excluding hydrogens is 468 g/mol. The van der Waals surface area contributed by atoms with E-state index in [1.807, 2.05) is 6.07 Å². The van der Waals surface area contributed by atoms with Crippen LogP contribution in [0.4, 0.5) is 5.69 Å². The van der Waals surface area contributed by atoms with Crippen LogP contribution >= 0.6 is 11.6 Å². The topological polar surface area (TPSA) is 104 Å².